The first-order valence-corrected chi connectivity index (χ1v) is 8.08. The van der Waals surface area contributed by atoms with E-state index in [1.807, 2.05) is 13.8 Å². The molecule has 24 heavy (non-hydrogen) atoms. The van der Waals surface area contributed by atoms with E-state index in [4.69, 9.17) is 5.73 Å². The number of nitrogens with zero attached hydrogens (tertiary/aromatic N) is 1. The fourth-order valence-electron chi connectivity index (χ4n) is 2.24. The first-order chi connectivity index (χ1) is 11.3. The van der Waals surface area contributed by atoms with Gasteiger partial charge in [0.15, 0.2) is 0 Å². The Morgan fingerprint density at radius 1 is 1.25 bits per heavy atom. The second-order valence-corrected chi connectivity index (χ2v) is 6.34. The Morgan fingerprint density at radius 3 is 2.54 bits per heavy atom. The molecule has 4 N–H and O–H groups in total. The number of carbonyl (C=O) groups excluding carboxylic acids is 3. The second kappa shape index (κ2) is 7.92. The zero-order valence-corrected chi connectivity index (χ0v) is 14.0. The van der Waals surface area contributed by atoms with Crippen LogP contribution in [0, 0.1) is 0 Å². The minimum atomic E-state index is -0.477. The second-order valence-electron chi connectivity index (χ2n) is 6.34. The summed E-state index contributed by atoms with van der Waals surface area (Å²) in [6.45, 7) is 3.85. The van der Waals surface area contributed by atoms with Gasteiger partial charge in [0.05, 0.1) is 13.1 Å². The SMILES string of the molecule is CC(C)N(CC(N)=O)CC(=O)Nc1cccc(C(=O)NC2CC2)c1. The lowest BCUT2D eigenvalue weighted by molar-refractivity contribution is -0.121. The Labute approximate surface area is 141 Å². The molecule has 1 fully saturated rings. The molecule has 1 aliphatic rings. The first-order valence-electron chi connectivity index (χ1n) is 8.08. The maximum Gasteiger partial charge on any atom is 0.251 e. The maximum atomic E-state index is 12.2. The molecule has 130 valence electrons. The third-order valence-corrected chi connectivity index (χ3v) is 3.76. The molecule has 0 radical (unpaired) electrons. The summed E-state index contributed by atoms with van der Waals surface area (Å²) in [7, 11) is 0. The third-order valence-electron chi connectivity index (χ3n) is 3.76. The van der Waals surface area contributed by atoms with Crippen molar-refractivity contribution >= 4 is 23.4 Å². The number of anilines is 1. The van der Waals surface area contributed by atoms with Gasteiger partial charge in [-0.1, -0.05) is 6.07 Å². The largest absolute Gasteiger partial charge is 0.369 e. The number of hydrogen-bond donors (Lipinski definition) is 3. The minimum Gasteiger partial charge on any atom is -0.369 e. The maximum absolute atomic E-state index is 12.2. The van der Waals surface area contributed by atoms with Gasteiger partial charge in [-0.2, -0.15) is 0 Å². The molecule has 3 amide bonds. The van der Waals surface area contributed by atoms with Crippen LogP contribution in [0.15, 0.2) is 24.3 Å². The van der Waals surface area contributed by atoms with E-state index in [-0.39, 0.29) is 37.0 Å². The highest BCUT2D eigenvalue weighted by atomic mass is 16.2. The Balaban J connectivity index is 1.95. The van der Waals surface area contributed by atoms with Crippen LogP contribution in [0.3, 0.4) is 0 Å². The average molecular weight is 332 g/mol. The van der Waals surface area contributed by atoms with E-state index in [2.05, 4.69) is 10.6 Å². The van der Waals surface area contributed by atoms with Gasteiger partial charge in [-0.3, -0.25) is 19.3 Å². The molecular formula is C17H24N4O3. The van der Waals surface area contributed by atoms with E-state index >= 15 is 0 Å². The molecule has 0 aliphatic heterocycles. The van der Waals surface area contributed by atoms with Gasteiger partial charge in [0.1, 0.15) is 0 Å². The van der Waals surface area contributed by atoms with Crippen molar-refractivity contribution in [1.82, 2.24) is 10.2 Å². The van der Waals surface area contributed by atoms with E-state index in [1.54, 1.807) is 29.2 Å². The van der Waals surface area contributed by atoms with Crippen molar-refractivity contribution in [2.45, 2.75) is 38.8 Å². The van der Waals surface area contributed by atoms with Crippen LogP contribution in [0.25, 0.3) is 0 Å². The van der Waals surface area contributed by atoms with Crippen molar-refractivity contribution in [1.29, 1.82) is 0 Å². The monoisotopic (exact) mass is 332 g/mol. The summed E-state index contributed by atoms with van der Waals surface area (Å²) in [6.07, 6.45) is 2.04. The molecule has 7 heteroatoms. The number of carbonyl (C=O) groups is 3. The van der Waals surface area contributed by atoms with Gasteiger partial charge in [0.2, 0.25) is 11.8 Å². The number of rotatable bonds is 8. The van der Waals surface area contributed by atoms with Crippen molar-refractivity contribution in [2.75, 3.05) is 18.4 Å². The predicted octanol–water partition coefficient (Wildman–Crippen LogP) is 0.713. The summed E-state index contributed by atoms with van der Waals surface area (Å²) in [5.41, 5.74) is 6.26. The summed E-state index contributed by atoms with van der Waals surface area (Å²) in [5.74, 6) is -0.869. The van der Waals surface area contributed by atoms with Crippen molar-refractivity contribution in [3.63, 3.8) is 0 Å². The van der Waals surface area contributed by atoms with Crippen LogP contribution in [0.4, 0.5) is 5.69 Å². The summed E-state index contributed by atoms with van der Waals surface area (Å²) in [4.78, 5) is 37.0. The Hall–Kier alpha value is -2.41. The fraction of sp³-hybridized carbons (Fsp3) is 0.471. The van der Waals surface area contributed by atoms with Gasteiger partial charge >= 0.3 is 0 Å². The number of nitrogens with two attached hydrogens (primary N) is 1. The molecule has 7 nitrogen and oxygen atoms in total. The lowest BCUT2D eigenvalue weighted by Crippen LogP contribution is -2.43. The number of hydrogen-bond acceptors (Lipinski definition) is 4. The third kappa shape index (κ3) is 5.66. The molecule has 1 saturated carbocycles. The van der Waals surface area contributed by atoms with Crippen molar-refractivity contribution in [2.24, 2.45) is 5.73 Å². The van der Waals surface area contributed by atoms with Gasteiger partial charge in [0.25, 0.3) is 5.91 Å². The van der Waals surface area contributed by atoms with E-state index < -0.39 is 5.91 Å². The zero-order valence-electron chi connectivity index (χ0n) is 14.0. The topological polar surface area (TPSA) is 105 Å². The van der Waals surface area contributed by atoms with E-state index in [1.165, 1.54) is 0 Å². The molecular weight excluding hydrogens is 308 g/mol. The summed E-state index contributed by atoms with van der Waals surface area (Å²) >= 11 is 0. The molecule has 0 saturated heterocycles. The highest BCUT2D eigenvalue weighted by Crippen LogP contribution is 2.20. The van der Waals surface area contributed by atoms with Crippen LogP contribution in [-0.2, 0) is 9.59 Å². The average Bonchev–Trinajstić information content (AvgIpc) is 3.30. The fourth-order valence-corrected chi connectivity index (χ4v) is 2.24. The number of benzene rings is 1. The van der Waals surface area contributed by atoms with Crippen LogP contribution in [0.2, 0.25) is 0 Å². The molecule has 0 spiro atoms. The summed E-state index contributed by atoms with van der Waals surface area (Å²) in [5, 5.41) is 5.66. The van der Waals surface area contributed by atoms with Crippen LogP contribution >= 0.6 is 0 Å². The number of nitrogens with one attached hydrogen (secondary N) is 2. The van der Waals surface area contributed by atoms with Gasteiger partial charge in [-0.25, -0.2) is 0 Å². The lowest BCUT2D eigenvalue weighted by atomic mass is 10.2. The number of amides is 3. The minimum absolute atomic E-state index is 0.0129. The van der Waals surface area contributed by atoms with Crippen LogP contribution in [0.5, 0.6) is 0 Å². The first kappa shape index (κ1) is 17.9. The molecule has 1 aromatic rings. The highest BCUT2D eigenvalue weighted by molar-refractivity contribution is 5.97. The van der Waals surface area contributed by atoms with Gasteiger partial charge in [0, 0.05) is 23.3 Å². The van der Waals surface area contributed by atoms with E-state index in [0.717, 1.165) is 12.8 Å². The standard InChI is InChI=1S/C17H24N4O3/c1-11(2)21(9-15(18)22)10-16(23)19-14-5-3-4-12(8-14)17(24)20-13-6-7-13/h3-5,8,11,13H,6-7,9-10H2,1-2H3,(H2,18,22)(H,19,23)(H,20,24). The lowest BCUT2D eigenvalue weighted by Gasteiger charge is -2.24. The molecule has 0 aromatic heterocycles. The van der Waals surface area contributed by atoms with Crippen molar-refractivity contribution in [3.05, 3.63) is 29.8 Å². The van der Waals surface area contributed by atoms with Crippen molar-refractivity contribution < 1.29 is 14.4 Å². The summed E-state index contributed by atoms with van der Waals surface area (Å²) in [6, 6.07) is 7.09. The van der Waals surface area contributed by atoms with Crippen LogP contribution < -0.4 is 16.4 Å². The molecule has 1 aliphatic carbocycles. The van der Waals surface area contributed by atoms with E-state index in [0.29, 0.717) is 11.3 Å². The normalized spacial score (nSPS) is 13.8. The van der Waals surface area contributed by atoms with Crippen molar-refractivity contribution in [3.8, 4) is 0 Å². The molecule has 0 unspecified atom stereocenters. The molecule has 0 bridgehead atoms. The predicted molar refractivity (Wildman–Crippen MR) is 91.5 cm³/mol. The molecule has 2 rings (SSSR count). The van der Waals surface area contributed by atoms with Crippen LogP contribution in [-0.4, -0.2) is 47.8 Å². The summed E-state index contributed by atoms with van der Waals surface area (Å²) < 4.78 is 0. The molecule has 0 heterocycles. The Morgan fingerprint density at radius 2 is 1.96 bits per heavy atom. The Kier molecular flexibility index (Phi) is 5.92. The van der Waals surface area contributed by atoms with Crippen LogP contribution in [0.1, 0.15) is 37.0 Å². The molecule has 1 aromatic carbocycles. The molecule has 0 atom stereocenters. The Bertz CT molecular complexity index is 626. The smallest absolute Gasteiger partial charge is 0.251 e. The highest BCUT2D eigenvalue weighted by Gasteiger charge is 2.24. The van der Waals surface area contributed by atoms with E-state index in [9.17, 15) is 14.4 Å². The quantitative estimate of drug-likeness (QED) is 0.652. The zero-order chi connectivity index (χ0) is 17.7. The van der Waals surface area contributed by atoms with Gasteiger partial charge < -0.3 is 16.4 Å². The van der Waals surface area contributed by atoms with Gasteiger partial charge in [-0.05, 0) is 44.9 Å². The number of primary amides is 1. The van der Waals surface area contributed by atoms with Gasteiger partial charge in [-0.15, -0.1) is 0 Å².